The van der Waals surface area contributed by atoms with E-state index < -0.39 is 6.04 Å². The molecule has 32 heavy (non-hydrogen) atoms. The fraction of sp³-hybridized carbons (Fsp3) is 0.304. The van der Waals surface area contributed by atoms with Crippen molar-refractivity contribution >= 4 is 33.2 Å². The van der Waals surface area contributed by atoms with Gasteiger partial charge in [-0.3, -0.25) is 14.2 Å². The van der Waals surface area contributed by atoms with Crippen molar-refractivity contribution in [3.8, 4) is 0 Å². The molecule has 1 atom stereocenters. The smallest absolute Gasteiger partial charge is 0.263 e. The summed E-state index contributed by atoms with van der Waals surface area (Å²) >= 11 is 1.59. The van der Waals surface area contributed by atoms with E-state index in [9.17, 15) is 9.59 Å². The van der Waals surface area contributed by atoms with E-state index in [0.717, 1.165) is 35.4 Å². The number of carbonyl (C=O) groups is 1. The van der Waals surface area contributed by atoms with E-state index in [1.54, 1.807) is 23.7 Å². The Bertz CT molecular complexity index is 1430. The van der Waals surface area contributed by atoms with Crippen LogP contribution in [0.5, 0.6) is 0 Å². The van der Waals surface area contributed by atoms with Gasteiger partial charge in [0.25, 0.3) is 11.5 Å². The number of nitrogens with zero attached hydrogens (tertiary/aromatic N) is 4. The van der Waals surface area contributed by atoms with Crippen LogP contribution in [0.3, 0.4) is 0 Å². The SMILES string of the molecule is Cc1ccc(C2=NN(C(=O)Cn3cnc4sc5c(c4c3=O)CCC5)[C@H](c3ccco3)C2)o1. The van der Waals surface area contributed by atoms with Crippen LogP contribution in [0.15, 0.2) is 55.6 Å². The van der Waals surface area contributed by atoms with Gasteiger partial charge in [-0.2, -0.15) is 5.10 Å². The lowest BCUT2D eigenvalue weighted by atomic mass is 10.1. The van der Waals surface area contributed by atoms with Crippen LogP contribution in [0.4, 0.5) is 0 Å². The van der Waals surface area contributed by atoms with E-state index in [-0.39, 0.29) is 18.0 Å². The Morgan fingerprint density at radius 3 is 2.97 bits per heavy atom. The molecule has 0 spiro atoms. The third-order valence-electron chi connectivity index (χ3n) is 6.06. The maximum atomic E-state index is 13.3. The number of thiophene rings is 1. The van der Waals surface area contributed by atoms with E-state index >= 15 is 0 Å². The highest BCUT2D eigenvalue weighted by atomic mass is 32.1. The minimum absolute atomic E-state index is 0.141. The molecular weight excluding hydrogens is 428 g/mol. The molecule has 4 aromatic heterocycles. The molecule has 9 heteroatoms. The lowest BCUT2D eigenvalue weighted by molar-refractivity contribution is -0.134. The summed E-state index contributed by atoms with van der Waals surface area (Å²) in [6, 6.07) is 6.93. The Morgan fingerprint density at radius 2 is 2.19 bits per heavy atom. The minimum Gasteiger partial charge on any atom is -0.467 e. The lowest BCUT2D eigenvalue weighted by Gasteiger charge is -2.20. The summed E-state index contributed by atoms with van der Waals surface area (Å²) < 4.78 is 12.7. The molecule has 0 saturated carbocycles. The average molecular weight is 449 g/mol. The number of amides is 1. The fourth-order valence-electron chi connectivity index (χ4n) is 4.53. The first-order valence-electron chi connectivity index (χ1n) is 10.6. The summed E-state index contributed by atoms with van der Waals surface area (Å²) in [6.45, 7) is 1.72. The molecule has 8 nitrogen and oxygen atoms in total. The molecule has 1 amide bonds. The van der Waals surface area contributed by atoms with E-state index in [1.807, 2.05) is 25.1 Å². The Kier molecular flexibility index (Phi) is 4.39. The monoisotopic (exact) mass is 448 g/mol. The number of rotatable bonds is 4. The molecule has 0 N–H and O–H groups in total. The zero-order valence-corrected chi connectivity index (χ0v) is 18.2. The van der Waals surface area contributed by atoms with Crippen LogP contribution in [-0.4, -0.2) is 26.2 Å². The highest BCUT2D eigenvalue weighted by molar-refractivity contribution is 7.18. The van der Waals surface area contributed by atoms with Gasteiger partial charge in [0.2, 0.25) is 0 Å². The van der Waals surface area contributed by atoms with Gasteiger partial charge in [-0.15, -0.1) is 11.3 Å². The quantitative estimate of drug-likeness (QED) is 0.473. The lowest BCUT2D eigenvalue weighted by Crippen LogP contribution is -2.34. The largest absolute Gasteiger partial charge is 0.467 e. The van der Waals surface area contributed by atoms with E-state index in [2.05, 4.69) is 10.1 Å². The van der Waals surface area contributed by atoms with Gasteiger partial charge in [0.05, 0.1) is 18.0 Å². The standard InChI is InChI=1S/C23H20N4O4S/c1-13-7-8-17(31-13)15-10-16(18-5-3-9-30-18)27(25-15)20(28)11-26-12-24-22-21(23(26)29)14-4-2-6-19(14)32-22/h3,5,7-9,12,16H,2,4,6,10-11H2,1H3/t16-/m0/s1. The normalized spacial score (nSPS) is 17.8. The first-order valence-corrected chi connectivity index (χ1v) is 11.4. The minimum atomic E-state index is -0.393. The number of furan rings is 2. The van der Waals surface area contributed by atoms with Gasteiger partial charge in [0.1, 0.15) is 40.4 Å². The number of aromatic nitrogens is 2. The molecule has 1 aliphatic heterocycles. The molecule has 0 radical (unpaired) electrons. The van der Waals surface area contributed by atoms with Crippen LogP contribution in [0.25, 0.3) is 10.2 Å². The highest BCUT2D eigenvalue weighted by Gasteiger charge is 2.36. The van der Waals surface area contributed by atoms with Crippen molar-refractivity contribution in [2.45, 2.75) is 45.2 Å². The molecule has 1 aliphatic carbocycles. The summed E-state index contributed by atoms with van der Waals surface area (Å²) in [5, 5.41) is 6.63. The molecular formula is C23H20N4O4S. The van der Waals surface area contributed by atoms with Crippen molar-refractivity contribution in [3.63, 3.8) is 0 Å². The Labute approximate surface area is 186 Å². The van der Waals surface area contributed by atoms with Gasteiger partial charge in [0, 0.05) is 11.3 Å². The van der Waals surface area contributed by atoms with Crippen molar-refractivity contribution in [1.82, 2.24) is 14.6 Å². The molecule has 4 aromatic rings. The van der Waals surface area contributed by atoms with Crippen molar-refractivity contribution in [2.24, 2.45) is 5.10 Å². The summed E-state index contributed by atoms with van der Waals surface area (Å²) in [5.74, 6) is 1.73. The number of hydrazone groups is 1. The van der Waals surface area contributed by atoms with Gasteiger partial charge >= 0.3 is 0 Å². The van der Waals surface area contributed by atoms with E-state index in [4.69, 9.17) is 8.83 Å². The van der Waals surface area contributed by atoms with Gasteiger partial charge in [0.15, 0.2) is 0 Å². The number of aryl methyl sites for hydroxylation is 3. The van der Waals surface area contributed by atoms with E-state index in [1.165, 1.54) is 20.8 Å². The number of hydrogen-bond acceptors (Lipinski definition) is 7. The molecule has 162 valence electrons. The molecule has 0 fully saturated rings. The molecule has 0 saturated heterocycles. The first-order chi connectivity index (χ1) is 15.6. The van der Waals surface area contributed by atoms with E-state index in [0.29, 0.717) is 29.0 Å². The van der Waals surface area contributed by atoms with Gasteiger partial charge in [-0.25, -0.2) is 9.99 Å². The molecule has 0 aromatic carbocycles. The van der Waals surface area contributed by atoms with Gasteiger partial charge < -0.3 is 8.83 Å². The van der Waals surface area contributed by atoms with Crippen LogP contribution in [0.2, 0.25) is 0 Å². The van der Waals surface area contributed by atoms with Gasteiger partial charge in [-0.1, -0.05) is 0 Å². The first kappa shape index (κ1) is 19.2. The van der Waals surface area contributed by atoms with Crippen molar-refractivity contribution in [2.75, 3.05) is 0 Å². The second-order valence-electron chi connectivity index (χ2n) is 8.15. The van der Waals surface area contributed by atoms with Crippen LogP contribution in [0.1, 0.15) is 46.6 Å². The summed E-state index contributed by atoms with van der Waals surface area (Å²) in [5.41, 5.74) is 1.61. The molecule has 0 unspecified atom stereocenters. The average Bonchev–Trinajstić information content (AvgIpc) is 3.57. The van der Waals surface area contributed by atoms with Crippen molar-refractivity contribution in [3.05, 3.63) is 74.9 Å². The molecule has 6 rings (SSSR count). The van der Waals surface area contributed by atoms with Gasteiger partial charge in [-0.05, 0) is 56.0 Å². The summed E-state index contributed by atoms with van der Waals surface area (Å²) in [4.78, 5) is 33.0. The maximum absolute atomic E-state index is 13.3. The van der Waals surface area contributed by atoms with Crippen molar-refractivity contribution < 1.29 is 13.6 Å². The molecule has 0 bridgehead atoms. The van der Waals surface area contributed by atoms with Crippen LogP contribution in [0, 0.1) is 6.92 Å². The maximum Gasteiger partial charge on any atom is 0.263 e. The second kappa shape index (κ2) is 7.30. The third kappa shape index (κ3) is 3.03. The fourth-order valence-corrected chi connectivity index (χ4v) is 5.75. The Morgan fingerprint density at radius 1 is 1.28 bits per heavy atom. The molecule has 2 aliphatic rings. The predicted octanol–water partition coefficient (Wildman–Crippen LogP) is 3.82. The topological polar surface area (TPSA) is 93.8 Å². The zero-order valence-electron chi connectivity index (χ0n) is 17.4. The van der Waals surface area contributed by atoms with Crippen molar-refractivity contribution in [1.29, 1.82) is 0 Å². The zero-order chi connectivity index (χ0) is 21.8. The number of hydrogen-bond donors (Lipinski definition) is 0. The molecule has 5 heterocycles. The Balaban J connectivity index is 1.34. The second-order valence-corrected chi connectivity index (χ2v) is 9.23. The highest BCUT2D eigenvalue weighted by Crippen LogP contribution is 2.35. The van der Waals surface area contributed by atoms with Crippen LogP contribution in [-0.2, 0) is 24.2 Å². The summed E-state index contributed by atoms with van der Waals surface area (Å²) in [7, 11) is 0. The predicted molar refractivity (Wildman–Crippen MR) is 119 cm³/mol. The Hall–Kier alpha value is -3.46. The number of carbonyl (C=O) groups excluding carboxylic acids is 1. The number of fused-ring (bicyclic) bond motifs is 3. The van der Waals surface area contributed by atoms with Crippen LogP contribution < -0.4 is 5.56 Å². The third-order valence-corrected chi connectivity index (χ3v) is 7.26. The van der Waals surface area contributed by atoms with Crippen LogP contribution >= 0.6 is 11.3 Å². The summed E-state index contributed by atoms with van der Waals surface area (Å²) in [6.07, 6.45) is 6.46.